The molecule has 0 saturated heterocycles. The number of aliphatic hydroxyl groups excluding tert-OH is 1. The summed E-state index contributed by atoms with van der Waals surface area (Å²) in [7, 11) is -2.17. The van der Waals surface area contributed by atoms with E-state index in [1.54, 1.807) is 45.9 Å². The molecule has 1 fully saturated rings. The smallest absolute Gasteiger partial charge is 0.427 e. The Labute approximate surface area is 224 Å². The van der Waals surface area contributed by atoms with Crippen molar-refractivity contribution in [1.29, 1.82) is 0 Å². The first-order chi connectivity index (χ1) is 16.8. The number of rotatable bonds is 10. The van der Waals surface area contributed by atoms with Gasteiger partial charge in [-0.1, -0.05) is 42.1 Å². The molecule has 0 radical (unpaired) electrons. The van der Waals surface area contributed by atoms with E-state index in [0.717, 1.165) is 25.7 Å². The zero-order valence-electron chi connectivity index (χ0n) is 21.3. The number of hydrogen-bond acceptors (Lipinski definition) is 6. The fourth-order valence-corrected chi connectivity index (χ4v) is 5.55. The van der Waals surface area contributed by atoms with Gasteiger partial charge in [0.05, 0.1) is 21.5 Å². The molecular weight excluding hydrogens is 528 g/mol. The minimum Gasteiger partial charge on any atom is -0.427 e. The lowest BCUT2D eigenvalue weighted by Gasteiger charge is -2.34. The van der Waals surface area contributed by atoms with Crippen LogP contribution in [0, 0.1) is 17.3 Å². The van der Waals surface area contributed by atoms with Gasteiger partial charge >= 0.3 is 20.1 Å². The SMILES string of the molecule is C[C@@H](c1ccc(Cl)c(Cl)c1)N(C(=O)OCOC(=O)C(C)(C)C)C(O)CCC1CCCC(C[P+](=O)O)C1. The van der Waals surface area contributed by atoms with E-state index in [4.69, 9.17) is 32.7 Å². The molecule has 0 bridgehead atoms. The van der Waals surface area contributed by atoms with E-state index in [1.165, 1.54) is 4.90 Å². The molecule has 0 heterocycles. The van der Waals surface area contributed by atoms with E-state index in [2.05, 4.69) is 0 Å². The predicted molar refractivity (Wildman–Crippen MR) is 139 cm³/mol. The Morgan fingerprint density at radius 3 is 2.44 bits per heavy atom. The maximum Gasteiger partial charge on any atom is 0.505 e. The highest BCUT2D eigenvalue weighted by atomic mass is 35.5. The average Bonchev–Trinajstić information content (AvgIpc) is 2.78. The van der Waals surface area contributed by atoms with Crippen molar-refractivity contribution in [3.8, 4) is 0 Å². The van der Waals surface area contributed by atoms with Crippen molar-refractivity contribution in [1.82, 2.24) is 4.90 Å². The molecule has 202 valence electrons. The van der Waals surface area contributed by atoms with Gasteiger partial charge in [0.15, 0.2) is 6.16 Å². The van der Waals surface area contributed by atoms with Crippen molar-refractivity contribution < 1.29 is 33.6 Å². The summed E-state index contributed by atoms with van der Waals surface area (Å²) in [6.07, 6.45) is 2.94. The molecule has 2 rings (SSSR count). The molecule has 1 saturated carbocycles. The molecule has 0 spiro atoms. The third kappa shape index (κ3) is 9.46. The van der Waals surface area contributed by atoms with Gasteiger partial charge in [0.2, 0.25) is 6.79 Å². The standard InChI is InChI=1S/C25H36Cl2NO7P/c1-16(19-9-10-20(26)21(27)13-19)28(24(31)35-15-34-23(30)25(2,3)4)22(29)11-8-17-6-5-7-18(12-17)14-36(32)33/h9-10,13,16-18,22,29H,5-8,11-12,14-15H2,1-4H3/p+1/t16-,17?,18?,22?/m0/s1. The second-order valence-electron chi connectivity index (χ2n) is 10.5. The van der Waals surface area contributed by atoms with Crippen molar-refractivity contribution in [3.63, 3.8) is 0 Å². The van der Waals surface area contributed by atoms with Crippen molar-refractivity contribution in [2.75, 3.05) is 13.0 Å². The Kier molecular flexibility index (Phi) is 11.9. The minimum atomic E-state index is -2.17. The van der Waals surface area contributed by atoms with Crippen LogP contribution in [0.4, 0.5) is 4.79 Å². The molecule has 36 heavy (non-hydrogen) atoms. The van der Waals surface area contributed by atoms with Gasteiger partial charge in [-0.2, -0.15) is 4.89 Å². The number of benzene rings is 1. The molecule has 1 aliphatic carbocycles. The number of esters is 1. The van der Waals surface area contributed by atoms with E-state index >= 15 is 0 Å². The van der Waals surface area contributed by atoms with Gasteiger partial charge in [-0.3, -0.25) is 9.69 Å². The normalized spacial score (nSPS) is 20.3. The summed E-state index contributed by atoms with van der Waals surface area (Å²) < 4.78 is 21.5. The van der Waals surface area contributed by atoms with Crippen LogP contribution in [-0.2, 0) is 18.8 Å². The zero-order valence-corrected chi connectivity index (χ0v) is 23.7. The Morgan fingerprint density at radius 1 is 1.17 bits per heavy atom. The van der Waals surface area contributed by atoms with Gasteiger partial charge < -0.3 is 14.6 Å². The molecule has 1 aliphatic rings. The molecule has 5 atom stereocenters. The molecular formula is C25H37Cl2NO7P+. The van der Waals surface area contributed by atoms with Crippen LogP contribution in [-0.4, -0.2) is 46.1 Å². The second kappa shape index (κ2) is 13.9. The molecule has 1 aromatic carbocycles. The van der Waals surface area contributed by atoms with Crippen LogP contribution in [0.2, 0.25) is 10.0 Å². The van der Waals surface area contributed by atoms with Crippen LogP contribution in [0.5, 0.6) is 0 Å². The van der Waals surface area contributed by atoms with Crippen molar-refractivity contribution in [3.05, 3.63) is 33.8 Å². The van der Waals surface area contributed by atoms with Crippen LogP contribution in [0.3, 0.4) is 0 Å². The predicted octanol–water partition coefficient (Wildman–Crippen LogP) is 6.68. The number of carbonyl (C=O) groups excluding carboxylic acids is 2. The zero-order chi connectivity index (χ0) is 27.0. The first kappa shape index (κ1) is 30.8. The maximum atomic E-state index is 13.0. The van der Waals surface area contributed by atoms with E-state index in [0.29, 0.717) is 40.5 Å². The van der Waals surface area contributed by atoms with Crippen molar-refractivity contribution >= 4 is 43.3 Å². The Morgan fingerprint density at radius 2 is 1.83 bits per heavy atom. The first-order valence-corrected chi connectivity index (χ1v) is 14.3. The van der Waals surface area contributed by atoms with Gasteiger partial charge in [0, 0.05) is 5.92 Å². The molecule has 1 amide bonds. The molecule has 4 unspecified atom stereocenters. The molecule has 0 aliphatic heterocycles. The van der Waals surface area contributed by atoms with Crippen LogP contribution in [0.15, 0.2) is 18.2 Å². The quantitative estimate of drug-likeness (QED) is 0.185. The topological polar surface area (TPSA) is 113 Å². The summed E-state index contributed by atoms with van der Waals surface area (Å²) in [6, 6.07) is 4.35. The van der Waals surface area contributed by atoms with E-state index in [9.17, 15) is 24.2 Å². The summed E-state index contributed by atoms with van der Waals surface area (Å²) in [5.41, 5.74) is -0.100. The number of aliphatic hydroxyl groups is 1. The van der Waals surface area contributed by atoms with Crippen LogP contribution in [0.1, 0.15) is 77.8 Å². The van der Waals surface area contributed by atoms with Gasteiger partial charge in [0.25, 0.3) is 0 Å². The van der Waals surface area contributed by atoms with Crippen LogP contribution >= 0.6 is 31.2 Å². The Hall–Kier alpha value is -1.44. The lowest BCUT2D eigenvalue weighted by molar-refractivity contribution is -0.162. The molecule has 8 nitrogen and oxygen atoms in total. The number of amides is 1. The van der Waals surface area contributed by atoms with E-state index in [1.807, 2.05) is 0 Å². The number of hydrogen-bond donors (Lipinski definition) is 2. The summed E-state index contributed by atoms with van der Waals surface area (Å²) in [4.78, 5) is 35.5. The summed E-state index contributed by atoms with van der Waals surface area (Å²) >= 11 is 12.2. The summed E-state index contributed by atoms with van der Waals surface area (Å²) in [6.45, 7) is 6.23. The van der Waals surface area contributed by atoms with Gasteiger partial charge in [-0.25, -0.2) is 4.79 Å². The first-order valence-electron chi connectivity index (χ1n) is 12.2. The Bertz CT molecular complexity index is 924. The number of nitrogens with zero attached hydrogens (tertiary/aromatic N) is 1. The Balaban J connectivity index is 2.10. The van der Waals surface area contributed by atoms with E-state index < -0.39 is 44.6 Å². The van der Waals surface area contributed by atoms with Gasteiger partial charge in [-0.15, -0.1) is 0 Å². The number of ether oxygens (including phenoxy) is 2. The van der Waals surface area contributed by atoms with Gasteiger partial charge in [0.1, 0.15) is 6.23 Å². The lowest BCUT2D eigenvalue weighted by atomic mass is 9.80. The number of carbonyl (C=O) groups is 2. The third-order valence-corrected chi connectivity index (χ3v) is 8.07. The van der Waals surface area contributed by atoms with Crippen LogP contribution in [0.25, 0.3) is 0 Å². The summed E-state index contributed by atoms with van der Waals surface area (Å²) in [5, 5.41) is 11.8. The molecule has 11 heteroatoms. The highest BCUT2D eigenvalue weighted by Gasteiger charge is 2.33. The molecule has 0 aromatic heterocycles. The minimum absolute atomic E-state index is 0.197. The lowest BCUT2D eigenvalue weighted by Crippen LogP contribution is -2.43. The fourth-order valence-electron chi connectivity index (χ4n) is 4.47. The monoisotopic (exact) mass is 564 g/mol. The maximum absolute atomic E-state index is 13.0. The second-order valence-corrected chi connectivity index (χ2v) is 12.3. The van der Waals surface area contributed by atoms with Crippen LogP contribution < -0.4 is 0 Å². The van der Waals surface area contributed by atoms with Gasteiger partial charge in [-0.05, 0) is 81.6 Å². The largest absolute Gasteiger partial charge is 0.505 e. The molecule has 1 aromatic rings. The van der Waals surface area contributed by atoms with Crippen molar-refractivity contribution in [2.45, 2.75) is 78.5 Å². The highest BCUT2D eigenvalue weighted by Crippen LogP contribution is 2.37. The average molecular weight is 565 g/mol. The third-order valence-electron chi connectivity index (χ3n) is 6.50. The molecule has 2 N–H and O–H groups in total. The highest BCUT2D eigenvalue weighted by molar-refractivity contribution is 7.38. The van der Waals surface area contributed by atoms with Crippen molar-refractivity contribution in [2.24, 2.45) is 17.3 Å². The van der Waals surface area contributed by atoms with E-state index in [-0.39, 0.29) is 5.92 Å². The fraction of sp³-hybridized carbons (Fsp3) is 0.680. The number of halogens is 2. The summed E-state index contributed by atoms with van der Waals surface area (Å²) in [5.74, 6) is -0.0288.